The topological polar surface area (TPSA) is 27.1 Å². The molecule has 3 nitrogen and oxygen atoms in total. The molecule has 0 fully saturated rings. The molecule has 0 aliphatic carbocycles. The van der Waals surface area contributed by atoms with Gasteiger partial charge in [0.2, 0.25) is 0 Å². The van der Waals surface area contributed by atoms with E-state index in [1.807, 2.05) is 6.92 Å². The summed E-state index contributed by atoms with van der Waals surface area (Å²) in [5, 5.41) is 5.13. The van der Waals surface area contributed by atoms with Gasteiger partial charge in [-0.1, -0.05) is 0 Å². The number of hydrogen-bond acceptors (Lipinski definition) is 2. The highest BCUT2D eigenvalue weighted by molar-refractivity contribution is 5.83. The minimum Gasteiger partial charge on any atom is -0.435 e. The number of hydrogen-bond donors (Lipinski definition) is 0. The first-order chi connectivity index (χ1) is 7.08. The summed E-state index contributed by atoms with van der Waals surface area (Å²) < 4.78 is 29.9. The SMILES string of the molecule is Cc1nn(C)c2cc(OC(F)F)ccc12. The van der Waals surface area contributed by atoms with Gasteiger partial charge in [0.05, 0.1) is 11.2 Å². The van der Waals surface area contributed by atoms with Crippen LogP contribution in [-0.4, -0.2) is 16.4 Å². The molecule has 0 spiro atoms. The van der Waals surface area contributed by atoms with Gasteiger partial charge in [-0.3, -0.25) is 4.68 Å². The lowest BCUT2D eigenvalue weighted by molar-refractivity contribution is -0.0497. The zero-order chi connectivity index (χ0) is 11.0. The van der Waals surface area contributed by atoms with Crippen LogP contribution in [0.2, 0.25) is 0 Å². The second kappa shape index (κ2) is 3.49. The molecule has 2 rings (SSSR count). The fourth-order valence-electron chi connectivity index (χ4n) is 1.59. The Morgan fingerprint density at radius 1 is 1.40 bits per heavy atom. The largest absolute Gasteiger partial charge is 0.435 e. The molecule has 0 N–H and O–H groups in total. The van der Waals surface area contributed by atoms with E-state index in [9.17, 15) is 8.78 Å². The van der Waals surface area contributed by atoms with E-state index in [1.54, 1.807) is 23.9 Å². The van der Waals surface area contributed by atoms with E-state index in [1.165, 1.54) is 6.07 Å². The molecule has 80 valence electrons. The Hall–Kier alpha value is -1.65. The van der Waals surface area contributed by atoms with E-state index in [4.69, 9.17) is 0 Å². The first-order valence-electron chi connectivity index (χ1n) is 4.46. The van der Waals surface area contributed by atoms with Gasteiger partial charge in [-0.15, -0.1) is 0 Å². The van der Waals surface area contributed by atoms with Crippen molar-refractivity contribution < 1.29 is 13.5 Å². The highest BCUT2D eigenvalue weighted by Crippen LogP contribution is 2.23. The highest BCUT2D eigenvalue weighted by Gasteiger charge is 2.08. The molecular formula is C10H10F2N2O. The van der Waals surface area contributed by atoms with E-state index in [0.29, 0.717) is 0 Å². The van der Waals surface area contributed by atoms with Crippen LogP contribution in [0.4, 0.5) is 8.78 Å². The van der Waals surface area contributed by atoms with Crippen LogP contribution < -0.4 is 4.74 Å². The van der Waals surface area contributed by atoms with Crippen LogP contribution in [0, 0.1) is 6.92 Å². The molecule has 1 heterocycles. The summed E-state index contributed by atoms with van der Waals surface area (Å²) in [7, 11) is 1.77. The zero-order valence-corrected chi connectivity index (χ0v) is 8.37. The minimum atomic E-state index is -2.79. The fraction of sp³-hybridized carbons (Fsp3) is 0.300. The second-order valence-corrected chi connectivity index (χ2v) is 3.27. The molecule has 2 aromatic rings. The summed E-state index contributed by atoms with van der Waals surface area (Å²) in [6.07, 6.45) is 0. The third-order valence-electron chi connectivity index (χ3n) is 2.23. The first kappa shape index (κ1) is 9.89. The quantitative estimate of drug-likeness (QED) is 0.764. The van der Waals surface area contributed by atoms with Gasteiger partial charge < -0.3 is 4.74 Å². The van der Waals surface area contributed by atoms with Crippen LogP contribution >= 0.6 is 0 Å². The molecule has 0 radical (unpaired) electrons. The van der Waals surface area contributed by atoms with Crippen molar-refractivity contribution in [3.05, 3.63) is 23.9 Å². The average Bonchev–Trinajstić information content (AvgIpc) is 2.41. The number of rotatable bonds is 2. The normalized spacial score (nSPS) is 11.3. The van der Waals surface area contributed by atoms with Crippen molar-refractivity contribution >= 4 is 10.9 Å². The van der Waals surface area contributed by atoms with Crippen molar-refractivity contribution in [1.29, 1.82) is 0 Å². The number of fused-ring (bicyclic) bond motifs is 1. The lowest BCUT2D eigenvalue weighted by Crippen LogP contribution is -2.01. The van der Waals surface area contributed by atoms with Crippen LogP contribution in [-0.2, 0) is 7.05 Å². The van der Waals surface area contributed by atoms with E-state index >= 15 is 0 Å². The maximum absolute atomic E-state index is 12.0. The van der Waals surface area contributed by atoms with E-state index in [-0.39, 0.29) is 5.75 Å². The van der Waals surface area contributed by atoms with Crippen LogP contribution in [0.5, 0.6) is 5.75 Å². The Morgan fingerprint density at radius 3 is 2.80 bits per heavy atom. The summed E-state index contributed by atoms with van der Waals surface area (Å²) in [4.78, 5) is 0. The summed E-state index contributed by atoms with van der Waals surface area (Å²) in [6.45, 7) is -0.924. The molecular weight excluding hydrogens is 202 g/mol. The molecule has 1 aromatic carbocycles. The van der Waals surface area contributed by atoms with Crippen LogP contribution in [0.15, 0.2) is 18.2 Å². The molecule has 1 aromatic heterocycles. The number of benzene rings is 1. The number of halogens is 2. The molecule has 0 unspecified atom stereocenters. The Bertz CT molecular complexity index is 493. The molecule has 0 aliphatic rings. The highest BCUT2D eigenvalue weighted by atomic mass is 19.3. The predicted molar refractivity (Wildman–Crippen MR) is 52.1 cm³/mol. The van der Waals surface area contributed by atoms with E-state index in [2.05, 4.69) is 9.84 Å². The van der Waals surface area contributed by atoms with Gasteiger partial charge in [0.1, 0.15) is 5.75 Å². The number of aryl methyl sites for hydroxylation is 2. The third-order valence-corrected chi connectivity index (χ3v) is 2.23. The predicted octanol–water partition coefficient (Wildman–Crippen LogP) is 2.48. The first-order valence-corrected chi connectivity index (χ1v) is 4.46. The average molecular weight is 212 g/mol. The zero-order valence-electron chi connectivity index (χ0n) is 8.37. The van der Waals surface area contributed by atoms with Gasteiger partial charge >= 0.3 is 6.61 Å². The van der Waals surface area contributed by atoms with Crippen molar-refractivity contribution in [2.45, 2.75) is 13.5 Å². The Labute approximate surface area is 85.3 Å². The van der Waals surface area contributed by atoms with Crippen LogP contribution in [0.3, 0.4) is 0 Å². The van der Waals surface area contributed by atoms with Crippen LogP contribution in [0.25, 0.3) is 10.9 Å². The number of ether oxygens (including phenoxy) is 1. The summed E-state index contributed by atoms with van der Waals surface area (Å²) >= 11 is 0. The lowest BCUT2D eigenvalue weighted by atomic mass is 10.2. The molecule has 0 aliphatic heterocycles. The van der Waals surface area contributed by atoms with Gasteiger partial charge in [0, 0.05) is 18.5 Å². The summed E-state index contributed by atoms with van der Waals surface area (Å²) in [6, 6.07) is 4.81. The monoisotopic (exact) mass is 212 g/mol. The second-order valence-electron chi connectivity index (χ2n) is 3.27. The number of alkyl halides is 2. The van der Waals surface area contributed by atoms with E-state index in [0.717, 1.165) is 16.6 Å². The molecule has 0 saturated heterocycles. The Morgan fingerprint density at radius 2 is 2.13 bits per heavy atom. The van der Waals surface area contributed by atoms with Crippen molar-refractivity contribution in [2.75, 3.05) is 0 Å². The molecule has 15 heavy (non-hydrogen) atoms. The van der Waals surface area contributed by atoms with Gasteiger partial charge in [-0.05, 0) is 19.1 Å². The number of aromatic nitrogens is 2. The van der Waals surface area contributed by atoms with Crippen molar-refractivity contribution in [3.63, 3.8) is 0 Å². The third kappa shape index (κ3) is 1.77. The Kier molecular flexibility index (Phi) is 2.30. The maximum atomic E-state index is 12.0. The van der Waals surface area contributed by atoms with Gasteiger partial charge in [0.15, 0.2) is 0 Å². The van der Waals surface area contributed by atoms with Crippen molar-refractivity contribution in [1.82, 2.24) is 9.78 Å². The van der Waals surface area contributed by atoms with Crippen molar-refractivity contribution in [3.8, 4) is 5.75 Å². The van der Waals surface area contributed by atoms with Gasteiger partial charge in [-0.25, -0.2) is 0 Å². The molecule has 0 saturated carbocycles. The molecule has 0 bridgehead atoms. The van der Waals surface area contributed by atoms with E-state index < -0.39 is 6.61 Å². The Balaban J connectivity index is 2.50. The summed E-state index contributed by atoms with van der Waals surface area (Å²) in [5.41, 5.74) is 1.65. The summed E-state index contributed by atoms with van der Waals surface area (Å²) in [5.74, 6) is 0.153. The van der Waals surface area contributed by atoms with Crippen LogP contribution in [0.1, 0.15) is 5.69 Å². The molecule has 0 atom stereocenters. The smallest absolute Gasteiger partial charge is 0.387 e. The fourth-order valence-corrected chi connectivity index (χ4v) is 1.59. The lowest BCUT2D eigenvalue weighted by Gasteiger charge is -2.04. The van der Waals surface area contributed by atoms with Gasteiger partial charge in [-0.2, -0.15) is 13.9 Å². The number of nitrogens with zero attached hydrogens (tertiary/aromatic N) is 2. The molecule has 5 heteroatoms. The maximum Gasteiger partial charge on any atom is 0.387 e. The van der Waals surface area contributed by atoms with Crippen molar-refractivity contribution in [2.24, 2.45) is 7.05 Å². The van der Waals surface area contributed by atoms with Gasteiger partial charge in [0.25, 0.3) is 0 Å². The minimum absolute atomic E-state index is 0.153. The standard InChI is InChI=1S/C10H10F2N2O/c1-6-8-4-3-7(15-10(11)12)5-9(8)14(2)13-6/h3-5,10H,1-2H3. The molecule has 0 amide bonds.